The van der Waals surface area contributed by atoms with Gasteiger partial charge in [-0.1, -0.05) is 0 Å². The van der Waals surface area contributed by atoms with Crippen molar-refractivity contribution >= 4 is 0 Å². The van der Waals surface area contributed by atoms with Crippen molar-refractivity contribution < 1.29 is 0 Å². The Morgan fingerprint density at radius 2 is 2.37 bits per heavy atom. The lowest BCUT2D eigenvalue weighted by Gasteiger charge is -2.32. The summed E-state index contributed by atoms with van der Waals surface area (Å²) in [4.78, 5) is 9.11. The summed E-state index contributed by atoms with van der Waals surface area (Å²) in [6, 6.07) is 0.925. The van der Waals surface area contributed by atoms with Crippen LogP contribution in [0.15, 0.2) is 12.5 Å². The van der Waals surface area contributed by atoms with Gasteiger partial charge in [0.2, 0.25) is 0 Å². The topological polar surface area (TPSA) is 50.3 Å². The largest absolute Gasteiger partial charge is 0.333 e. The van der Waals surface area contributed by atoms with E-state index in [1.54, 1.807) is 0 Å². The first kappa shape index (κ1) is 14.5. The van der Waals surface area contributed by atoms with Crippen molar-refractivity contribution in [2.24, 2.45) is 5.73 Å². The van der Waals surface area contributed by atoms with Crippen LogP contribution in [0.3, 0.4) is 0 Å². The fourth-order valence-electron chi connectivity index (χ4n) is 3.07. The molecule has 2 unspecified atom stereocenters. The molecule has 2 N–H and O–H groups in total. The summed E-state index contributed by atoms with van der Waals surface area (Å²) in [5, 5.41) is 0. The molecule has 1 fully saturated rings. The van der Waals surface area contributed by atoms with Gasteiger partial charge in [-0.25, -0.2) is 4.98 Å². The molecule has 0 radical (unpaired) electrons. The molecule has 0 aliphatic carbocycles. The molecule has 0 amide bonds. The maximum Gasteiger partial charge on any atom is 0.0948 e. The molecule has 0 aromatic carbocycles. The first-order chi connectivity index (χ1) is 9.17. The van der Waals surface area contributed by atoms with Gasteiger partial charge in [-0.05, 0) is 40.4 Å². The first-order valence-corrected chi connectivity index (χ1v) is 7.28. The number of likely N-dealkylation sites (tertiary alicyclic amines) is 1. The molecular weight excluding hydrogens is 238 g/mol. The van der Waals surface area contributed by atoms with Crippen molar-refractivity contribution in [3.8, 4) is 0 Å². The number of hydrogen-bond donors (Lipinski definition) is 1. The Bertz CT molecular complexity index is 389. The molecule has 5 heteroatoms. The maximum absolute atomic E-state index is 6.00. The number of imidazole rings is 1. The van der Waals surface area contributed by atoms with E-state index < -0.39 is 0 Å². The van der Waals surface area contributed by atoms with Gasteiger partial charge in [0.05, 0.1) is 18.1 Å². The van der Waals surface area contributed by atoms with Crippen LogP contribution in [0.25, 0.3) is 0 Å². The Balaban J connectivity index is 2.04. The lowest BCUT2D eigenvalue weighted by Crippen LogP contribution is -2.41. The highest BCUT2D eigenvalue weighted by Crippen LogP contribution is 2.22. The van der Waals surface area contributed by atoms with Crippen molar-refractivity contribution in [3.63, 3.8) is 0 Å². The van der Waals surface area contributed by atoms with E-state index in [1.807, 2.05) is 12.5 Å². The summed E-state index contributed by atoms with van der Waals surface area (Å²) in [6.07, 6.45) is 6.46. The SMILES string of the molecule is CCn1cncc1C(CN)N(C)CC1CCCN1C. The van der Waals surface area contributed by atoms with E-state index in [0.717, 1.165) is 13.1 Å². The number of rotatable bonds is 6. The fourth-order valence-corrected chi connectivity index (χ4v) is 3.07. The van der Waals surface area contributed by atoms with Gasteiger partial charge in [-0.2, -0.15) is 0 Å². The van der Waals surface area contributed by atoms with Crippen molar-refractivity contribution in [1.82, 2.24) is 19.4 Å². The van der Waals surface area contributed by atoms with Crippen LogP contribution in [0.4, 0.5) is 0 Å². The molecule has 0 bridgehead atoms. The fraction of sp³-hybridized carbons (Fsp3) is 0.786. The number of likely N-dealkylation sites (N-methyl/N-ethyl adjacent to an activating group) is 2. The van der Waals surface area contributed by atoms with Gasteiger partial charge in [-0.15, -0.1) is 0 Å². The molecular formula is C14H27N5. The van der Waals surface area contributed by atoms with Gasteiger partial charge in [0, 0.05) is 31.9 Å². The average molecular weight is 265 g/mol. The number of nitrogens with two attached hydrogens (primary N) is 1. The van der Waals surface area contributed by atoms with E-state index >= 15 is 0 Å². The van der Waals surface area contributed by atoms with Gasteiger partial charge in [0.25, 0.3) is 0 Å². The number of aromatic nitrogens is 2. The lowest BCUT2D eigenvalue weighted by molar-refractivity contribution is 0.175. The second-order valence-electron chi connectivity index (χ2n) is 5.57. The molecule has 1 saturated heterocycles. The smallest absolute Gasteiger partial charge is 0.0948 e. The normalized spacial score (nSPS) is 22.3. The highest BCUT2D eigenvalue weighted by Gasteiger charge is 2.26. The summed E-state index contributed by atoms with van der Waals surface area (Å²) in [6.45, 7) is 6.02. The van der Waals surface area contributed by atoms with Crippen LogP contribution in [0.5, 0.6) is 0 Å². The highest BCUT2D eigenvalue weighted by molar-refractivity contribution is 5.06. The van der Waals surface area contributed by atoms with Crippen LogP contribution in [0, 0.1) is 0 Å². The molecule has 1 aliphatic rings. The van der Waals surface area contributed by atoms with Crippen molar-refractivity contribution in [3.05, 3.63) is 18.2 Å². The monoisotopic (exact) mass is 265 g/mol. The third-order valence-corrected chi connectivity index (χ3v) is 4.35. The Kier molecular flexibility index (Phi) is 4.96. The van der Waals surface area contributed by atoms with Crippen LogP contribution in [0.2, 0.25) is 0 Å². The molecule has 1 aromatic rings. The predicted octanol–water partition coefficient (Wildman–Crippen LogP) is 0.929. The Hall–Kier alpha value is -0.910. The first-order valence-electron chi connectivity index (χ1n) is 7.28. The molecule has 19 heavy (non-hydrogen) atoms. The van der Waals surface area contributed by atoms with E-state index in [1.165, 1.54) is 25.1 Å². The summed E-state index contributed by atoms with van der Waals surface area (Å²) < 4.78 is 2.19. The second kappa shape index (κ2) is 6.50. The summed E-state index contributed by atoms with van der Waals surface area (Å²) in [7, 11) is 4.40. The van der Waals surface area contributed by atoms with Gasteiger partial charge in [-0.3, -0.25) is 4.90 Å². The van der Waals surface area contributed by atoms with E-state index in [4.69, 9.17) is 5.73 Å². The summed E-state index contributed by atoms with van der Waals surface area (Å²) in [5.41, 5.74) is 7.23. The zero-order chi connectivity index (χ0) is 13.8. The van der Waals surface area contributed by atoms with E-state index in [9.17, 15) is 0 Å². The number of aryl methyl sites for hydroxylation is 1. The van der Waals surface area contributed by atoms with Crippen LogP contribution in [-0.2, 0) is 6.54 Å². The minimum atomic E-state index is 0.261. The van der Waals surface area contributed by atoms with E-state index in [2.05, 4.69) is 40.4 Å². The molecule has 2 rings (SSSR count). The Morgan fingerprint density at radius 1 is 1.58 bits per heavy atom. The molecule has 0 spiro atoms. The Morgan fingerprint density at radius 3 is 2.95 bits per heavy atom. The molecule has 2 heterocycles. The van der Waals surface area contributed by atoms with E-state index in [0.29, 0.717) is 12.6 Å². The lowest BCUT2D eigenvalue weighted by atomic mass is 10.1. The third-order valence-electron chi connectivity index (χ3n) is 4.35. The summed E-state index contributed by atoms with van der Waals surface area (Å²) in [5.74, 6) is 0. The standard InChI is InChI=1S/C14H27N5/c1-4-19-11-16-9-14(19)13(8-15)18(3)10-12-6-5-7-17(12)2/h9,11-13H,4-8,10,15H2,1-3H3. The molecule has 1 aromatic heterocycles. The maximum atomic E-state index is 6.00. The highest BCUT2D eigenvalue weighted by atomic mass is 15.2. The van der Waals surface area contributed by atoms with Crippen LogP contribution >= 0.6 is 0 Å². The molecule has 108 valence electrons. The zero-order valence-electron chi connectivity index (χ0n) is 12.4. The van der Waals surface area contributed by atoms with E-state index in [-0.39, 0.29) is 6.04 Å². The third kappa shape index (κ3) is 3.16. The molecule has 1 aliphatic heterocycles. The second-order valence-corrected chi connectivity index (χ2v) is 5.57. The predicted molar refractivity (Wildman–Crippen MR) is 78.0 cm³/mol. The summed E-state index contributed by atoms with van der Waals surface area (Å²) >= 11 is 0. The Labute approximate surface area is 116 Å². The van der Waals surface area contributed by atoms with Crippen molar-refractivity contribution in [2.45, 2.75) is 38.4 Å². The van der Waals surface area contributed by atoms with Crippen molar-refractivity contribution in [2.75, 3.05) is 33.7 Å². The quantitative estimate of drug-likeness (QED) is 0.831. The van der Waals surface area contributed by atoms with Gasteiger partial charge in [0.15, 0.2) is 0 Å². The van der Waals surface area contributed by atoms with Gasteiger partial charge < -0.3 is 15.2 Å². The zero-order valence-corrected chi connectivity index (χ0v) is 12.4. The number of hydrogen-bond acceptors (Lipinski definition) is 4. The van der Waals surface area contributed by atoms with Crippen LogP contribution in [-0.4, -0.2) is 59.1 Å². The minimum absolute atomic E-state index is 0.261. The average Bonchev–Trinajstić information content (AvgIpc) is 3.00. The minimum Gasteiger partial charge on any atom is -0.333 e. The van der Waals surface area contributed by atoms with Crippen molar-refractivity contribution in [1.29, 1.82) is 0 Å². The number of nitrogens with zero attached hydrogens (tertiary/aromatic N) is 4. The van der Waals surface area contributed by atoms with Crippen LogP contribution < -0.4 is 5.73 Å². The van der Waals surface area contributed by atoms with Crippen LogP contribution in [0.1, 0.15) is 31.5 Å². The molecule has 0 saturated carbocycles. The van der Waals surface area contributed by atoms with Gasteiger partial charge in [0.1, 0.15) is 0 Å². The molecule has 5 nitrogen and oxygen atoms in total. The molecule has 2 atom stereocenters. The van der Waals surface area contributed by atoms with Gasteiger partial charge >= 0.3 is 0 Å².